The summed E-state index contributed by atoms with van der Waals surface area (Å²) >= 11 is 5.84. The standard InChI is InChI=1S/C21H21ClFN3O5S/c1-14(27)25-10-12-26(13-11-25)21(29)20(24-19(28)15-2-6-17(23)7-3-15)32(30,31)18-8-4-16(22)5-9-18/h2-9,20H,10-13H2,1H3,(H,24,28). The monoisotopic (exact) mass is 481 g/mol. The third-order valence-corrected chi connectivity index (χ3v) is 7.20. The molecule has 32 heavy (non-hydrogen) atoms. The Labute approximate surface area is 189 Å². The minimum absolute atomic E-state index is 0.00287. The predicted octanol–water partition coefficient (Wildman–Crippen LogP) is 1.70. The highest BCUT2D eigenvalue weighted by Gasteiger charge is 2.39. The number of amides is 3. The summed E-state index contributed by atoms with van der Waals surface area (Å²) < 4.78 is 39.8. The fourth-order valence-corrected chi connectivity index (χ4v) is 4.83. The van der Waals surface area contributed by atoms with Gasteiger partial charge in [0.2, 0.25) is 21.1 Å². The van der Waals surface area contributed by atoms with E-state index < -0.39 is 32.8 Å². The molecular formula is C21H21ClFN3O5S. The van der Waals surface area contributed by atoms with E-state index in [-0.39, 0.29) is 42.5 Å². The molecule has 170 valence electrons. The quantitative estimate of drug-likeness (QED) is 0.700. The number of piperazine rings is 1. The molecule has 1 heterocycles. The normalized spacial score (nSPS) is 15.2. The van der Waals surface area contributed by atoms with Crippen molar-refractivity contribution in [2.24, 2.45) is 0 Å². The van der Waals surface area contributed by atoms with Gasteiger partial charge in [0, 0.05) is 43.7 Å². The summed E-state index contributed by atoms with van der Waals surface area (Å²) in [5.41, 5.74) is -0.00287. The van der Waals surface area contributed by atoms with Crippen molar-refractivity contribution in [2.45, 2.75) is 17.2 Å². The molecule has 2 aromatic rings. The summed E-state index contributed by atoms with van der Waals surface area (Å²) in [4.78, 5) is 40.1. The van der Waals surface area contributed by atoms with Crippen molar-refractivity contribution in [3.05, 3.63) is 64.9 Å². The van der Waals surface area contributed by atoms with E-state index in [1.165, 1.54) is 48.2 Å². The second-order valence-electron chi connectivity index (χ2n) is 7.19. The summed E-state index contributed by atoms with van der Waals surface area (Å²) in [5, 5.41) is 0.679. The lowest BCUT2D eigenvalue weighted by Gasteiger charge is -2.36. The first-order valence-corrected chi connectivity index (χ1v) is 11.6. The first-order chi connectivity index (χ1) is 15.1. The van der Waals surface area contributed by atoms with Crippen LogP contribution >= 0.6 is 11.6 Å². The molecule has 1 saturated heterocycles. The Bertz CT molecular complexity index is 1120. The Balaban J connectivity index is 1.90. The fourth-order valence-electron chi connectivity index (χ4n) is 3.24. The van der Waals surface area contributed by atoms with Crippen LogP contribution < -0.4 is 5.32 Å². The van der Waals surface area contributed by atoms with Crippen molar-refractivity contribution in [3.63, 3.8) is 0 Å². The highest BCUT2D eigenvalue weighted by atomic mass is 35.5. The first-order valence-electron chi connectivity index (χ1n) is 9.70. The van der Waals surface area contributed by atoms with E-state index in [1.807, 2.05) is 0 Å². The van der Waals surface area contributed by atoms with Crippen molar-refractivity contribution in [1.82, 2.24) is 15.1 Å². The molecule has 1 N–H and O–H groups in total. The molecule has 1 fully saturated rings. The number of nitrogens with zero attached hydrogens (tertiary/aromatic N) is 2. The predicted molar refractivity (Wildman–Crippen MR) is 115 cm³/mol. The molecule has 0 saturated carbocycles. The van der Waals surface area contributed by atoms with Crippen molar-refractivity contribution in [2.75, 3.05) is 26.2 Å². The van der Waals surface area contributed by atoms with Gasteiger partial charge in [-0.05, 0) is 48.5 Å². The maximum atomic E-state index is 13.3. The van der Waals surface area contributed by atoms with Crippen LogP contribution in [0.1, 0.15) is 17.3 Å². The zero-order chi connectivity index (χ0) is 23.5. The van der Waals surface area contributed by atoms with Gasteiger partial charge in [-0.25, -0.2) is 12.8 Å². The molecule has 0 aromatic heterocycles. The molecule has 0 radical (unpaired) electrons. The summed E-state index contributed by atoms with van der Waals surface area (Å²) in [6.07, 6.45) is 0. The third kappa shape index (κ3) is 5.25. The van der Waals surface area contributed by atoms with Crippen molar-refractivity contribution in [1.29, 1.82) is 0 Å². The molecule has 8 nitrogen and oxygen atoms in total. The second-order valence-corrected chi connectivity index (χ2v) is 9.66. The van der Waals surface area contributed by atoms with E-state index in [4.69, 9.17) is 11.6 Å². The average Bonchev–Trinajstić information content (AvgIpc) is 2.77. The maximum absolute atomic E-state index is 13.3. The van der Waals surface area contributed by atoms with Gasteiger partial charge in [-0.2, -0.15) is 0 Å². The summed E-state index contributed by atoms with van der Waals surface area (Å²) in [6, 6.07) is 9.71. The van der Waals surface area contributed by atoms with Crippen LogP contribution in [0.4, 0.5) is 4.39 Å². The van der Waals surface area contributed by atoms with E-state index in [2.05, 4.69) is 5.32 Å². The molecule has 0 aliphatic carbocycles. The number of rotatable bonds is 5. The number of hydrogen-bond donors (Lipinski definition) is 1. The van der Waals surface area contributed by atoms with Crippen LogP contribution in [0, 0.1) is 5.82 Å². The van der Waals surface area contributed by atoms with Crippen LogP contribution in [0.2, 0.25) is 5.02 Å². The van der Waals surface area contributed by atoms with E-state index in [9.17, 15) is 27.2 Å². The summed E-state index contributed by atoms with van der Waals surface area (Å²) in [6.45, 7) is 2.16. The average molecular weight is 482 g/mol. The first kappa shape index (κ1) is 23.7. The molecular weight excluding hydrogens is 461 g/mol. The highest BCUT2D eigenvalue weighted by molar-refractivity contribution is 7.92. The molecule has 11 heteroatoms. The molecule has 3 amide bonds. The van der Waals surface area contributed by atoms with Crippen molar-refractivity contribution in [3.8, 4) is 0 Å². The Morgan fingerprint density at radius 2 is 1.47 bits per heavy atom. The number of benzene rings is 2. The van der Waals surface area contributed by atoms with Gasteiger partial charge in [-0.3, -0.25) is 14.4 Å². The lowest BCUT2D eigenvalue weighted by molar-refractivity contribution is -0.138. The van der Waals surface area contributed by atoms with Gasteiger partial charge in [-0.1, -0.05) is 11.6 Å². The SMILES string of the molecule is CC(=O)N1CCN(C(=O)C(NC(=O)c2ccc(F)cc2)S(=O)(=O)c2ccc(Cl)cc2)CC1. The molecule has 3 rings (SSSR count). The zero-order valence-corrected chi connectivity index (χ0v) is 18.7. The van der Waals surface area contributed by atoms with Crippen LogP contribution in [0.3, 0.4) is 0 Å². The van der Waals surface area contributed by atoms with Crippen LogP contribution in [0.15, 0.2) is 53.4 Å². The molecule has 1 unspecified atom stereocenters. The van der Waals surface area contributed by atoms with Gasteiger partial charge in [-0.15, -0.1) is 0 Å². The Kier molecular flexibility index (Phi) is 7.15. The van der Waals surface area contributed by atoms with Crippen LogP contribution in [0.5, 0.6) is 0 Å². The molecule has 1 aliphatic rings. The fraction of sp³-hybridized carbons (Fsp3) is 0.286. The number of carbonyl (C=O) groups excluding carboxylic acids is 3. The van der Waals surface area contributed by atoms with Crippen LogP contribution in [-0.4, -0.2) is 67.5 Å². The smallest absolute Gasteiger partial charge is 0.261 e. The molecule has 2 aromatic carbocycles. The largest absolute Gasteiger partial charge is 0.339 e. The number of halogens is 2. The van der Waals surface area contributed by atoms with Crippen molar-refractivity contribution >= 4 is 39.2 Å². The summed E-state index contributed by atoms with van der Waals surface area (Å²) in [7, 11) is -4.34. The second kappa shape index (κ2) is 9.66. The Morgan fingerprint density at radius 3 is 2.00 bits per heavy atom. The van der Waals surface area contributed by atoms with Gasteiger partial charge in [0.25, 0.3) is 11.8 Å². The number of nitrogens with one attached hydrogen (secondary N) is 1. The van der Waals surface area contributed by atoms with Gasteiger partial charge >= 0.3 is 0 Å². The van der Waals surface area contributed by atoms with Gasteiger partial charge in [0.05, 0.1) is 4.90 Å². The van der Waals surface area contributed by atoms with Crippen LogP contribution in [-0.2, 0) is 19.4 Å². The van der Waals surface area contributed by atoms with E-state index in [1.54, 1.807) is 4.90 Å². The number of carbonyl (C=O) groups is 3. The zero-order valence-electron chi connectivity index (χ0n) is 17.1. The third-order valence-electron chi connectivity index (χ3n) is 5.08. The minimum Gasteiger partial charge on any atom is -0.339 e. The lowest BCUT2D eigenvalue weighted by Crippen LogP contribution is -2.57. The topological polar surface area (TPSA) is 104 Å². The van der Waals surface area contributed by atoms with Gasteiger partial charge in [0.15, 0.2) is 0 Å². The van der Waals surface area contributed by atoms with E-state index in [0.717, 1.165) is 12.1 Å². The van der Waals surface area contributed by atoms with E-state index >= 15 is 0 Å². The maximum Gasteiger partial charge on any atom is 0.261 e. The molecule has 1 atom stereocenters. The molecule has 0 spiro atoms. The van der Waals surface area contributed by atoms with Crippen molar-refractivity contribution < 1.29 is 27.2 Å². The number of sulfone groups is 1. The van der Waals surface area contributed by atoms with Crippen LogP contribution in [0.25, 0.3) is 0 Å². The van der Waals surface area contributed by atoms with Gasteiger partial charge < -0.3 is 15.1 Å². The Morgan fingerprint density at radius 1 is 0.938 bits per heavy atom. The summed E-state index contributed by atoms with van der Waals surface area (Å²) in [5.74, 6) is -2.37. The van der Waals surface area contributed by atoms with E-state index in [0.29, 0.717) is 5.02 Å². The number of hydrogen-bond acceptors (Lipinski definition) is 5. The minimum atomic E-state index is -4.34. The molecule has 0 bridgehead atoms. The van der Waals surface area contributed by atoms with Gasteiger partial charge in [0.1, 0.15) is 5.82 Å². The molecule has 1 aliphatic heterocycles. The highest BCUT2D eigenvalue weighted by Crippen LogP contribution is 2.20. The Hall–Kier alpha value is -2.98. The lowest BCUT2D eigenvalue weighted by atomic mass is 10.2.